The number of benzene rings is 2. The van der Waals surface area contributed by atoms with E-state index in [9.17, 15) is 9.59 Å². The average Bonchev–Trinajstić information content (AvgIpc) is 3.09. The molecule has 0 aliphatic carbocycles. The lowest BCUT2D eigenvalue weighted by Crippen LogP contribution is -2.25. The van der Waals surface area contributed by atoms with E-state index in [2.05, 4.69) is 15.5 Å². The van der Waals surface area contributed by atoms with Crippen LogP contribution in [0.3, 0.4) is 0 Å². The highest BCUT2D eigenvalue weighted by atomic mass is 35.5. The van der Waals surface area contributed by atoms with Crippen molar-refractivity contribution in [2.24, 2.45) is 0 Å². The van der Waals surface area contributed by atoms with Crippen molar-refractivity contribution in [2.45, 2.75) is 6.92 Å². The van der Waals surface area contributed by atoms with E-state index in [1.165, 1.54) is 16.8 Å². The number of anilines is 1. The predicted molar refractivity (Wildman–Crippen MR) is 111 cm³/mol. The van der Waals surface area contributed by atoms with Gasteiger partial charge in [0.15, 0.2) is 0 Å². The number of amides is 1. The first kappa shape index (κ1) is 18.6. The molecule has 1 amide bonds. The first-order valence-corrected chi connectivity index (χ1v) is 9.19. The number of aromatic nitrogens is 4. The molecule has 4 rings (SSSR count). The SMILES string of the molecule is Cc1cc(NC(=O)c2ccc(=O)n(-c3ccccc3)n2)n(-c2cccc(Cl)c2)n1. The van der Waals surface area contributed by atoms with Crippen molar-refractivity contribution in [1.29, 1.82) is 0 Å². The molecule has 0 aliphatic heterocycles. The summed E-state index contributed by atoms with van der Waals surface area (Å²) in [6.45, 7) is 1.82. The number of para-hydroxylation sites is 1. The lowest BCUT2D eigenvalue weighted by atomic mass is 10.3. The van der Waals surface area contributed by atoms with Crippen LogP contribution in [0.25, 0.3) is 11.4 Å². The van der Waals surface area contributed by atoms with Crippen LogP contribution in [0.5, 0.6) is 0 Å². The van der Waals surface area contributed by atoms with Gasteiger partial charge in [-0.05, 0) is 43.3 Å². The van der Waals surface area contributed by atoms with Crippen molar-refractivity contribution >= 4 is 23.3 Å². The number of nitrogens with zero attached hydrogens (tertiary/aromatic N) is 4. The Kier molecular flexibility index (Phi) is 4.97. The van der Waals surface area contributed by atoms with Crippen LogP contribution >= 0.6 is 11.6 Å². The fourth-order valence-electron chi connectivity index (χ4n) is 2.86. The molecule has 2 aromatic heterocycles. The van der Waals surface area contributed by atoms with Crippen LogP contribution < -0.4 is 10.9 Å². The van der Waals surface area contributed by atoms with Crippen molar-refractivity contribution in [2.75, 3.05) is 5.32 Å². The molecule has 4 aromatic rings. The molecule has 0 bridgehead atoms. The summed E-state index contributed by atoms with van der Waals surface area (Å²) in [5.74, 6) is 0.00638. The molecule has 2 heterocycles. The molecule has 7 nitrogen and oxygen atoms in total. The third kappa shape index (κ3) is 3.95. The fourth-order valence-corrected chi connectivity index (χ4v) is 3.04. The number of carbonyl (C=O) groups excluding carboxylic acids is 1. The molecule has 0 saturated carbocycles. The number of carbonyl (C=O) groups is 1. The number of nitrogens with one attached hydrogen (secondary N) is 1. The summed E-state index contributed by atoms with van der Waals surface area (Å²) >= 11 is 6.08. The monoisotopic (exact) mass is 405 g/mol. The maximum absolute atomic E-state index is 12.8. The Morgan fingerprint density at radius 3 is 2.41 bits per heavy atom. The van der Waals surface area contributed by atoms with Crippen molar-refractivity contribution < 1.29 is 4.79 Å². The fraction of sp³-hybridized carbons (Fsp3) is 0.0476. The molecule has 0 atom stereocenters. The molecule has 1 N–H and O–H groups in total. The molecular weight excluding hydrogens is 390 g/mol. The van der Waals surface area contributed by atoms with E-state index in [1.807, 2.05) is 19.1 Å². The van der Waals surface area contributed by atoms with Crippen molar-refractivity contribution in [1.82, 2.24) is 19.6 Å². The van der Waals surface area contributed by atoms with E-state index in [0.717, 1.165) is 5.69 Å². The van der Waals surface area contributed by atoms with Crippen molar-refractivity contribution in [3.63, 3.8) is 0 Å². The number of rotatable bonds is 4. The highest BCUT2D eigenvalue weighted by Crippen LogP contribution is 2.20. The van der Waals surface area contributed by atoms with Gasteiger partial charge in [-0.3, -0.25) is 9.59 Å². The molecule has 2 aromatic carbocycles. The molecular formula is C21H16ClN5O2. The molecule has 0 aliphatic rings. The highest BCUT2D eigenvalue weighted by molar-refractivity contribution is 6.30. The standard InChI is InChI=1S/C21H16ClN5O2/c1-14-12-19(26(24-14)17-9-5-6-15(22)13-17)23-21(29)18-10-11-20(28)27(25-18)16-7-3-2-4-8-16/h2-13H,1H3,(H,23,29). The van der Waals surface area contributed by atoms with E-state index in [-0.39, 0.29) is 11.3 Å². The van der Waals surface area contributed by atoms with Gasteiger partial charge in [-0.1, -0.05) is 35.9 Å². The maximum Gasteiger partial charge on any atom is 0.277 e. The summed E-state index contributed by atoms with van der Waals surface area (Å²) in [5.41, 5.74) is 1.79. The van der Waals surface area contributed by atoms with E-state index in [0.29, 0.717) is 22.2 Å². The van der Waals surface area contributed by atoms with E-state index < -0.39 is 5.91 Å². The zero-order valence-electron chi connectivity index (χ0n) is 15.4. The minimum Gasteiger partial charge on any atom is -0.305 e. The van der Waals surface area contributed by atoms with Crippen LogP contribution in [0.4, 0.5) is 5.82 Å². The van der Waals surface area contributed by atoms with Gasteiger partial charge in [-0.15, -0.1) is 0 Å². The number of halogens is 1. The quantitative estimate of drug-likeness (QED) is 0.562. The van der Waals surface area contributed by atoms with Crippen LogP contribution in [0.1, 0.15) is 16.2 Å². The summed E-state index contributed by atoms with van der Waals surface area (Å²) < 4.78 is 2.78. The lowest BCUT2D eigenvalue weighted by Gasteiger charge is -2.10. The molecule has 0 radical (unpaired) electrons. The van der Waals surface area contributed by atoms with Gasteiger partial charge < -0.3 is 5.32 Å². The molecule has 0 saturated heterocycles. The number of aryl methyl sites for hydroxylation is 1. The highest BCUT2D eigenvalue weighted by Gasteiger charge is 2.15. The molecule has 0 fully saturated rings. The second-order valence-electron chi connectivity index (χ2n) is 6.32. The van der Waals surface area contributed by atoms with Crippen molar-refractivity contribution in [3.05, 3.63) is 99.6 Å². The Bertz CT molecular complexity index is 1250. The largest absolute Gasteiger partial charge is 0.305 e. The van der Waals surface area contributed by atoms with Gasteiger partial charge in [0.05, 0.1) is 17.1 Å². The molecule has 0 spiro atoms. The number of hydrogen-bond acceptors (Lipinski definition) is 4. The molecule has 29 heavy (non-hydrogen) atoms. The molecule has 8 heteroatoms. The number of hydrogen-bond donors (Lipinski definition) is 1. The van der Waals surface area contributed by atoms with E-state index >= 15 is 0 Å². The average molecular weight is 406 g/mol. The Morgan fingerprint density at radius 2 is 1.66 bits per heavy atom. The first-order chi connectivity index (χ1) is 14.0. The third-order valence-electron chi connectivity index (χ3n) is 4.16. The van der Waals surface area contributed by atoms with Crippen LogP contribution in [0.2, 0.25) is 5.02 Å². The third-order valence-corrected chi connectivity index (χ3v) is 4.39. The van der Waals surface area contributed by atoms with Gasteiger partial charge in [0.25, 0.3) is 11.5 Å². The topological polar surface area (TPSA) is 81.8 Å². The van der Waals surface area contributed by atoms with Crippen LogP contribution in [0.15, 0.2) is 77.6 Å². The lowest BCUT2D eigenvalue weighted by molar-refractivity contribution is 0.102. The van der Waals surface area contributed by atoms with E-state index in [1.54, 1.807) is 53.2 Å². The molecule has 144 valence electrons. The normalized spacial score (nSPS) is 10.7. The van der Waals surface area contributed by atoms with Gasteiger partial charge in [0.2, 0.25) is 0 Å². The Balaban J connectivity index is 1.67. The Hall–Kier alpha value is -3.71. The predicted octanol–water partition coefficient (Wildman–Crippen LogP) is 3.63. The zero-order chi connectivity index (χ0) is 20.4. The summed E-state index contributed by atoms with van der Waals surface area (Å²) in [7, 11) is 0. The van der Waals surface area contributed by atoms with Gasteiger partial charge in [0.1, 0.15) is 11.5 Å². The second-order valence-corrected chi connectivity index (χ2v) is 6.76. The van der Waals surface area contributed by atoms with Crippen LogP contribution in [-0.2, 0) is 0 Å². The zero-order valence-corrected chi connectivity index (χ0v) is 16.2. The second kappa shape index (κ2) is 7.73. The summed E-state index contributed by atoms with van der Waals surface area (Å²) in [5, 5.41) is 12.0. The van der Waals surface area contributed by atoms with E-state index in [4.69, 9.17) is 11.6 Å². The minimum absolute atomic E-state index is 0.102. The first-order valence-electron chi connectivity index (χ1n) is 8.81. The van der Waals surface area contributed by atoms with Gasteiger partial charge in [-0.25, -0.2) is 4.68 Å². The van der Waals surface area contributed by atoms with Gasteiger partial charge >= 0.3 is 0 Å². The summed E-state index contributed by atoms with van der Waals surface area (Å²) in [4.78, 5) is 25.0. The van der Waals surface area contributed by atoms with Crippen LogP contribution in [-0.4, -0.2) is 25.5 Å². The van der Waals surface area contributed by atoms with Crippen molar-refractivity contribution in [3.8, 4) is 11.4 Å². The maximum atomic E-state index is 12.8. The molecule has 0 unspecified atom stereocenters. The van der Waals surface area contributed by atoms with Gasteiger partial charge in [-0.2, -0.15) is 14.9 Å². The Morgan fingerprint density at radius 1 is 0.897 bits per heavy atom. The van der Waals surface area contributed by atoms with Gasteiger partial charge in [0, 0.05) is 17.2 Å². The van der Waals surface area contributed by atoms with Crippen LogP contribution in [0, 0.1) is 6.92 Å². The summed E-state index contributed by atoms with van der Waals surface area (Å²) in [6.07, 6.45) is 0. The summed E-state index contributed by atoms with van der Waals surface area (Å²) in [6, 6.07) is 20.5. The smallest absolute Gasteiger partial charge is 0.277 e. The minimum atomic E-state index is -0.460. The Labute approximate surface area is 171 Å².